The molecule has 0 saturated carbocycles. The molecule has 7 N–H and O–H groups in total. The van der Waals surface area contributed by atoms with Crippen LogP contribution in [0.4, 0.5) is 0 Å². The van der Waals surface area contributed by atoms with Crippen molar-refractivity contribution in [2.45, 2.75) is 24.0 Å². The van der Waals surface area contributed by atoms with Gasteiger partial charge in [0.25, 0.3) is 0 Å². The monoisotopic (exact) mass is 225 g/mol. The van der Waals surface area contributed by atoms with Crippen molar-refractivity contribution in [2.24, 2.45) is 0 Å². The van der Waals surface area contributed by atoms with E-state index >= 15 is 0 Å². The Morgan fingerprint density at radius 3 is 2.13 bits per heavy atom. The second-order valence-electron chi connectivity index (χ2n) is 3.03. The number of amides is 1. The first-order chi connectivity index (χ1) is 6.92. The zero-order valence-electron chi connectivity index (χ0n) is 7.82. The predicted octanol–water partition coefficient (Wildman–Crippen LogP) is -4.51. The standard InChI is InChI=1S/C7H15NO7/c9-1-4(12)5(13)6(14)7(15,2-10)8-3-11/h3-6,9-10,12-15H,1-2H2,(H,8,11). The number of aliphatic hydroxyl groups is 6. The molecule has 1 amide bonds. The minimum atomic E-state index is -2.47. The molecule has 90 valence electrons. The Kier molecular flexibility index (Phi) is 5.65. The summed E-state index contributed by atoms with van der Waals surface area (Å²) in [4.78, 5) is 10.1. The highest BCUT2D eigenvalue weighted by Gasteiger charge is 2.41. The first-order valence-corrected chi connectivity index (χ1v) is 4.12. The van der Waals surface area contributed by atoms with Gasteiger partial charge in [0.1, 0.15) is 18.3 Å². The maximum atomic E-state index is 10.1. The highest BCUT2D eigenvalue weighted by molar-refractivity contribution is 5.47. The Morgan fingerprint density at radius 2 is 1.80 bits per heavy atom. The van der Waals surface area contributed by atoms with Gasteiger partial charge in [-0.05, 0) is 0 Å². The molecular formula is C7H15NO7. The van der Waals surface area contributed by atoms with Crippen LogP contribution >= 0.6 is 0 Å². The highest BCUT2D eigenvalue weighted by Crippen LogP contribution is 2.12. The summed E-state index contributed by atoms with van der Waals surface area (Å²) in [6.07, 6.45) is -5.65. The molecule has 0 aromatic carbocycles. The van der Waals surface area contributed by atoms with Crippen molar-refractivity contribution < 1.29 is 35.4 Å². The van der Waals surface area contributed by atoms with Gasteiger partial charge in [-0.3, -0.25) is 4.79 Å². The lowest BCUT2D eigenvalue weighted by atomic mass is 9.98. The minimum absolute atomic E-state index is 0.0114. The minimum Gasteiger partial charge on any atom is -0.394 e. The zero-order valence-corrected chi connectivity index (χ0v) is 7.82. The topological polar surface area (TPSA) is 150 Å². The van der Waals surface area contributed by atoms with Crippen LogP contribution in [0.25, 0.3) is 0 Å². The van der Waals surface area contributed by atoms with Gasteiger partial charge in [-0.25, -0.2) is 0 Å². The fourth-order valence-corrected chi connectivity index (χ4v) is 0.928. The van der Waals surface area contributed by atoms with E-state index < -0.39 is 37.3 Å². The van der Waals surface area contributed by atoms with E-state index in [0.717, 1.165) is 0 Å². The molecule has 4 unspecified atom stereocenters. The molecule has 0 aromatic rings. The van der Waals surface area contributed by atoms with E-state index in [1.165, 1.54) is 0 Å². The lowest BCUT2D eigenvalue weighted by Gasteiger charge is -2.34. The van der Waals surface area contributed by atoms with Gasteiger partial charge in [0, 0.05) is 0 Å². The third-order valence-corrected chi connectivity index (χ3v) is 1.94. The van der Waals surface area contributed by atoms with Crippen LogP contribution in [0.1, 0.15) is 0 Å². The summed E-state index contributed by atoms with van der Waals surface area (Å²) in [5.41, 5.74) is -2.47. The molecule has 4 atom stereocenters. The van der Waals surface area contributed by atoms with E-state index in [1.54, 1.807) is 5.32 Å². The van der Waals surface area contributed by atoms with Gasteiger partial charge in [-0.15, -0.1) is 0 Å². The lowest BCUT2D eigenvalue weighted by Crippen LogP contribution is -2.63. The summed E-state index contributed by atoms with van der Waals surface area (Å²) in [5, 5.41) is 55.7. The third-order valence-electron chi connectivity index (χ3n) is 1.94. The van der Waals surface area contributed by atoms with E-state index in [0.29, 0.717) is 0 Å². The van der Waals surface area contributed by atoms with Crippen molar-refractivity contribution in [2.75, 3.05) is 13.2 Å². The Balaban J connectivity index is 4.62. The summed E-state index contributed by atoms with van der Waals surface area (Å²) >= 11 is 0. The molecule has 0 heterocycles. The van der Waals surface area contributed by atoms with Gasteiger partial charge in [0.05, 0.1) is 13.2 Å². The maximum Gasteiger partial charge on any atom is 0.209 e. The van der Waals surface area contributed by atoms with Gasteiger partial charge < -0.3 is 36.0 Å². The second kappa shape index (κ2) is 5.95. The first-order valence-electron chi connectivity index (χ1n) is 4.12. The molecule has 0 radical (unpaired) electrons. The Morgan fingerprint density at radius 1 is 1.27 bits per heavy atom. The fourth-order valence-electron chi connectivity index (χ4n) is 0.928. The van der Waals surface area contributed by atoms with E-state index in [-0.39, 0.29) is 6.41 Å². The van der Waals surface area contributed by atoms with Gasteiger partial charge >= 0.3 is 0 Å². The number of nitrogens with one attached hydrogen (secondary N) is 1. The van der Waals surface area contributed by atoms with Crippen molar-refractivity contribution in [3.05, 3.63) is 0 Å². The summed E-state index contributed by atoms with van der Waals surface area (Å²) in [5.74, 6) is 0. The van der Waals surface area contributed by atoms with Crippen molar-refractivity contribution in [1.29, 1.82) is 0 Å². The van der Waals surface area contributed by atoms with Gasteiger partial charge in [-0.1, -0.05) is 0 Å². The highest BCUT2D eigenvalue weighted by atomic mass is 16.4. The molecule has 0 aliphatic heterocycles. The van der Waals surface area contributed by atoms with E-state index in [9.17, 15) is 20.1 Å². The molecule has 0 aromatic heterocycles. The van der Waals surface area contributed by atoms with Crippen molar-refractivity contribution in [3.63, 3.8) is 0 Å². The third kappa shape index (κ3) is 3.38. The van der Waals surface area contributed by atoms with Crippen LogP contribution in [0.5, 0.6) is 0 Å². The molecule has 0 bridgehead atoms. The number of aliphatic hydroxyl groups excluding tert-OH is 5. The molecule has 8 nitrogen and oxygen atoms in total. The number of rotatable bonds is 7. The number of carbonyl (C=O) groups is 1. The smallest absolute Gasteiger partial charge is 0.209 e. The summed E-state index contributed by atoms with van der Waals surface area (Å²) in [6, 6.07) is 0. The molecule has 0 fully saturated rings. The SMILES string of the molecule is O=CNC(O)(CO)C(O)C(O)C(O)CO. The predicted molar refractivity (Wildman–Crippen MR) is 46.3 cm³/mol. The Hall–Kier alpha value is -0.770. The van der Waals surface area contributed by atoms with Crippen molar-refractivity contribution >= 4 is 6.41 Å². The summed E-state index contributed by atoms with van der Waals surface area (Å²) in [7, 11) is 0. The summed E-state index contributed by atoms with van der Waals surface area (Å²) in [6.45, 7) is -1.91. The molecule has 15 heavy (non-hydrogen) atoms. The lowest BCUT2D eigenvalue weighted by molar-refractivity contribution is -0.185. The van der Waals surface area contributed by atoms with Gasteiger partial charge in [-0.2, -0.15) is 0 Å². The maximum absolute atomic E-state index is 10.1. The van der Waals surface area contributed by atoms with Crippen molar-refractivity contribution in [1.82, 2.24) is 5.32 Å². The van der Waals surface area contributed by atoms with Crippen LogP contribution in [0.15, 0.2) is 0 Å². The van der Waals surface area contributed by atoms with Gasteiger partial charge in [0.2, 0.25) is 6.41 Å². The summed E-state index contributed by atoms with van der Waals surface area (Å²) < 4.78 is 0. The molecule has 0 rings (SSSR count). The average Bonchev–Trinajstić information content (AvgIpc) is 2.26. The van der Waals surface area contributed by atoms with Gasteiger partial charge in [0.15, 0.2) is 5.72 Å². The number of carbonyl (C=O) groups excluding carboxylic acids is 1. The van der Waals surface area contributed by atoms with Crippen LogP contribution in [-0.4, -0.2) is 74.3 Å². The number of hydrogen-bond donors (Lipinski definition) is 7. The fraction of sp³-hybridized carbons (Fsp3) is 0.857. The van der Waals surface area contributed by atoms with E-state index in [4.69, 9.17) is 15.3 Å². The number of hydrogen-bond acceptors (Lipinski definition) is 7. The zero-order chi connectivity index (χ0) is 12.1. The van der Waals surface area contributed by atoms with Crippen LogP contribution in [0.2, 0.25) is 0 Å². The van der Waals surface area contributed by atoms with Crippen molar-refractivity contribution in [3.8, 4) is 0 Å². The molecular weight excluding hydrogens is 210 g/mol. The van der Waals surface area contributed by atoms with Crippen LogP contribution in [0.3, 0.4) is 0 Å². The molecule has 0 saturated heterocycles. The van der Waals surface area contributed by atoms with E-state index in [1.807, 2.05) is 0 Å². The largest absolute Gasteiger partial charge is 0.394 e. The van der Waals surface area contributed by atoms with E-state index in [2.05, 4.69) is 0 Å². The average molecular weight is 225 g/mol. The van der Waals surface area contributed by atoms with Crippen LogP contribution < -0.4 is 5.32 Å². The van der Waals surface area contributed by atoms with Crippen LogP contribution in [-0.2, 0) is 4.79 Å². The second-order valence-corrected chi connectivity index (χ2v) is 3.03. The molecule has 8 heteroatoms. The quantitative estimate of drug-likeness (QED) is 0.170. The normalized spacial score (nSPS) is 21.2. The molecule has 0 spiro atoms. The Labute approximate surface area is 85.4 Å². The molecule has 0 aliphatic carbocycles. The first kappa shape index (κ1) is 14.2. The Bertz CT molecular complexity index is 202. The van der Waals surface area contributed by atoms with Crippen LogP contribution in [0, 0.1) is 0 Å². The molecule has 0 aliphatic rings.